The van der Waals surface area contributed by atoms with Gasteiger partial charge in [-0.1, -0.05) is 48.9 Å². The first-order chi connectivity index (χ1) is 9.43. The van der Waals surface area contributed by atoms with Crippen LogP contribution in [0.5, 0.6) is 0 Å². The van der Waals surface area contributed by atoms with Gasteiger partial charge >= 0.3 is 0 Å². The molecule has 1 N–H and O–H groups in total. The number of hydrogen-bond donors (Lipinski definition) is 1. The van der Waals surface area contributed by atoms with Crippen molar-refractivity contribution in [1.82, 2.24) is 0 Å². The quantitative estimate of drug-likeness (QED) is 0.570. The number of benzene rings is 1. The van der Waals surface area contributed by atoms with E-state index in [0.717, 1.165) is 0 Å². The van der Waals surface area contributed by atoms with Crippen LogP contribution in [0.1, 0.15) is 39.5 Å². The van der Waals surface area contributed by atoms with E-state index in [2.05, 4.69) is 6.58 Å². The number of nitrogens with one attached hydrogen (secondary N) is 1. The first-order valence-corrected chi connectivity index (χ1v) is 4.80. The first-order valence-electron chi connectivity index (χ1n) is 7.80. The van der Waals surface area contributed by atoms with E-state index in [1.165, 1.54) is 12.1 Å². The van der Waals surface area contributed by atoms with Crippen LogP contribution in [0, 0.1) is 18.2 Å². The van der Waals surface area contributed by atoms with Crippen LogP contribution >= 0.6 is 0 Å². The molecule has 0 radical (unpaired) electrons. The highest BCUT2D eigenvalue weighted by Gasteiger charge is 2.08. The van der Waals surface area contributed by atoms with Gasteiger partial charge in [0.1, 0.15) is 0 Å². The Kier molecular flexibility index (Phi) is 1.85. The van der Waals surface area contributed by atoms with Crippen LogP contribution < -0.4 is 0 Å². The van der Waals surface area contributed by atoms with E-state index in [0.29, 0.717) is 5.56 Å². The Hall–Kier alpha value is -1.37. The predicted octanol–water partition coefficient (Wildman–Crippen LogP) is 3.97. The van der Waals surface area contributed by atoms with Gasteiger partial charge in [0.15, 0.2) is 0 Å². The van der Waals surface area contributed by atoms with Crippen molar-refractivity contribution in [1.29, 1.82) is 5.41 Å². The number of rotatable bonds is 4. The van der Waals surface area contributed by atoms with Crippen molar-refractivity contribution in [3.63, 3.8) is 0 Å². The standard InChI is InChI=1S/C14H19N/c1-10(2)12(4)9-14(15)13-7-5-11(3)6-8-13/h5-8,12,15H,1,9H2,2-4H3/i2D3,3D3. The van der Waals surface area contributed by atoms with Gasteiger partial charge in [0.05, 0.1) is 0 Å². The molecule has 0 fully saturated rings. The average molecular weight is 207 g/mol. The molecule has 0 spiro atoms. The van der Waals surface area contributed by atoms with E-state index in [-0.39, 0.29) is 29.2 Å². The molecule has 0 aromatic heterocycles. The summed E-state index contributed by atoms with van der Waals surface area (Å²) >= 11 is 0. The zero-order valence-corrected chi connectivity index (χ0v) is 8.80. The van der Waals surface area contributed by atoms with E-state index < -0.39 is 13.7 Å². The fourth-order valence-corrected chi connectivity index (χ4v) is 1.22. The van der Waals surface area contributed by atoms with Crippen molar-refractivity contribution in [2.75, 3.05) is 0 Å². The van der Waals surface area contributed by atoms with Crippen molar-refractivity contribution >= 4 is 5.71 Å². The lowest BCUT2D eigenvalue weighted by Gasteiger charge is -2.12. The van der Waals surface area contributed by atoms with E-state index in [9.17, 15) is 0 Å². The fraction of sp³-hybridized carbons (Fsp3) is 0.357. The summed E-state index contributed by atoms with van der Waals surface area (Å²) in [6, 6.07) is 6.10. The van der Waals surface area contributed by atoms with Gasteiger partial charge in [-0.05, 0) is 31.6 Å². The van der Waals surface area contributed by atoms with Crippen molar-refractivity contribution in [3.8, 4) is 0 Å². The number of aryl methyl sites for hydroxylation is 1. The van der Waals surface area contributed by atoms with E-state index in [1.807, 2.05) is 0 Å². The van der Waals surface area contributed by atoms with Gasteiger partial charge in [-0.3, -0.25) is 0 Å². The monoisotopic (exact) mass is 207 g/mol. The van der Waals surface area contributed by atoms with Crippen LogP contribution in [0.25, 0.3) is 0 Å². The van der Waals surface area contributed by atoms with E-state index >= 15 is 0 Å². The molecule has 1 aromatic carbocycles. The van der Waals surface area contributed by atoms with Gasteiger partial charge < -0.3 is 5.41 Å². The second-order valence-corrected chi connectivity index (χ2v) is 3.69. The first kappa shape index (κ1) is 5.64. The maximum atomic E-state index is 8.02. The molecular formula is C14H19N. The second kappa shape index (κ2) is 4.92. The Balaban J connectivity index is 2.79. The van der Waals surface area contributed by atoms with Crippen molar-refractivity contribution < 1.29 is 8.22 Å². The molecule has 1 nitrogen and oxygen atoms in total. The molecule has 0 aliphatic heterocycles. The SMILES string of the molecule is [2H]C([2H])([2H])C(=C)C(C)CC(=N)c1ccc(C([2H])([2H])[2H])cc1. The Morgan fingerprint density at radius 1 is 1.47 bits per heavy atom. The normalized spacial score (nSPS) is 19.8. The highest BCUT2D eigenvalue weighted by Crippen LogP contribution is 2.15. The highest BCUT2D eigenvalue weighted by molar-refractivity contribution is 5.98. The molecule has 1 unspecified atom stereocenters. The van der Waals surface area contributed by atoms with E-state index in [1.54, 1.807) is 19.1 Å². The van der Waals surface area contributed by atoms with Crippen LogP contribution in [-0.4, -0.2) is 5.71 Å². The largest absolute Gasteiger partial charge is 0.305 e. The number of allylic oxidation sites excluding steroid dienone is 1. The van der Waals surface area contributed by atoms with Crippen molar-refractivity contribution in [2.45, 2.75) is 27.0 Å². The van der Waals surface area contributed by atoms with Gasteiger partial charge in [0.2, 0.25) is 0 Å². The minimum Gasteiger partial charge on any atom is -0.305 e. The molecule has 0 aliphatic carbocycles. The van der Waals surface area contributed by atoms with Crippen LogP contribution in [0.15, 0.2) is 36.4 Å². The summed E-state index contributed by atoms with van der Waals surface area (Å²) in [6.07, 6.45) is 0.254. The van der Waals surface area contributed by atoms with Gasteiger partial charge in [-0.2, -0.15) is 0 Å². The minimum atomic E-state index is -2.22. The zero-order chi connectivity index (χ0) is 16.4. The molecule has 1 heteroatoms. The summed E-state index contributed by atoms with van der Waals surface area (Å²) in [4.78, 5) is 0. The molecule has 0 saturated carbocycles. The van der Waals surface area contributed by atoms with Gasteiger partial charge in [0.25, 0.3) is 0 Å². The molecule has 0 aliphatic rings. The smallest absolute Gasteiger partial charge is 0.0392 e. The molecule has 0 saturated heterocycles. The summed E-state index contributed by atoms with van der Waals surface area (Å²) in [7, 11) is 0. The summed E-state index contributed by atoms with van der Waals surface area (Å²) in [6.45, 7) is 0.927. The zero-order valence-electron chi connectivity index (χ0n) is 14.8. The van der Waals surface area contributed by atoms with Gasteiger partial charge in [-0.15, -0.1) is 0 Å². The molecule has 0 amide bonds. The fourth-order valence-electron chi connectivity index (χ4n) is 1.22. The van der Waals surface area contributed by atoms with Crippen molar-refractivity contribution in [3.05, 3.63) is 47.5 Å². The van der Waals surface area contributed by atoms with Crippen LogP contribution in [0.3, 0.4) is 0 Å². The predicted molar refractivity (Wildman–Crippen MR) is 66.6 cm³/mol. The van der Waals surface area contributed by atoms with Crippen LogP contribution in [-0.2, 0) is 0 Å². The number of hydrogen-bond acceptors (Lipinski definition) is 1. The maximum absolute atomic E-state index is 8.02. The molecule has 0 heterocycles. The Labute approximate surface area is 101 Å². The molecule has 1 aromatic rings. The molecule has 1 rings (SSSR count). The molecule has 15 heavy (non-hydrogen) atoms. The third kappa shape index (κ3) is 3.35. The van der Waals surface area contributed by atoms with Crippen LogP contribution in [0.2, 0.25) is 0 Å². The average Bonchev–Trinajstić information content (AvgIpc) is 2.35. The molecule has 1 atom stereocenters. The molecule has 80 valence electrons. The Bertz CT molecular complexity index is 524. The lowest BCUT2D eigenvalue weighted by atomic mass is 9.94. The Morgan fingerprint density at radius 2 is 2.13 bits per heavy atom. The van der Waals surface area contributed by atoms with Gasteiger partial charge in [-0.25, -0.2) is 0 Å². The molecular weight excluding hydrogens is 182 g/mol. The van der Waals surface area contributed by atoms with Gasteiger partial charge in [0, 0.05) is 13.9 Å². The van der Waals surface area contributed by atoms with Crippen LogP contribution in [0.4, 0.5) is 0 Å². The third-order valence-electron chi connectivity index (χ3n) is 2.34. The van der Waals surface area contributed by atoms with Crippen molar-refractivity contribution in [2.24, 2.45) is 5.92 Å². The third-order valence-corrected chi connectivity index (χ3v) is 2.34. The van der Waals surface area contributed by atoms with E-state index in [4.69, 9.17) is 13.6 Å². The molecule has 0 bridgehead atoms. The maximum Gasteiger partial charge on any atom is 0.0392 e. The summed E-state index contributed by atoms with van der Waals surface area (Å²) in [5.41, 5.74) is 1.21. The summed E-state index contributed by atoms with van der Waals surface area (Å²) in [5, 5.41) is 8.02. The highest BCUT2D eigenvalue weighted by atomic mass is 14.4. The second-order valence-electron chi connectivity index (χ2n) is 3.69. The summed E-state index contributed by atoms with van der Waals surface area (Å²) in [5.74, 6) is -0.340. The summed E-state index contributed by atoms with van der Waals surface area (Å²) < 4.78 is 43.8. The lowest BCUT2D eigenvalue weighted by Crippen LogP contribution is -2.06. The Morgan fingerprint density at radius 3 is 2.67 bits per heavy atom. The lowest BCUT2D eigenvalue weighted by molar-refractivity contribution is 0.717. The minimum absolute atomic E-state index is 0.131. The topological polar surface area (TPSA) is 23.9 Å².